The molecule has 6 nitrogen and oxygen atoms in total. The summed E-state index contributed by atoms with van der Waals surface area (Å²) in [6.45, 7) is 6.39. The van der Waals surface area contributed by atoms with E-state index in [-0.39, 0.29) is 31.1 Å². The Morgan fingerprint density at radius 3 is 0.735 bits per heavy atom. The lowest BCUT2D eigenvalue weighted by Gasteiger charge is -2.18. The summed E-state index contributed by atoms with van der Waals surface area (Å²) in [6, 6.07) is 0. The van der Waals surface area contributed by atoms with Crippen LogP contribution in [0, 0.1) is 0 Å². The van der Waals surface area contributed by atoms with Crippen LogP contribution in [-0.2, 0) is 28.6 Å². The van der Waals surface area contributed by atoms with E-state index >= 15 is 0 Å². The van der Waals surface area contributed by atoms with Crippen LogP contribution < -0.4 is 0 Å². The van der Waals surface area contributed by atoms with Crippen molar-refractivity contribution in [2.45, 2.75) is 335 Å². The van der Waals surface area contributed by atoms with Crippen molar-refractivity contribution in [3.63, 3.8) is 0 Å². The molecule has 474 valence electrons. The fourth-order valence-electron chi connectivity index (χ4n) is 9.79. The minimum absolute atomic E-state index is 0.0801. The van der Waals surface area contributed by atoms with Crippen molar-refractivity contribution >= 4 is 17.9 Å². The third-order valence-corrected chi connectivity index (χ3v) is 15.0. The number of allylic oxidation sites excluding steroid dienone is 20. The van der Waals surface area contributed by atoms with Gasteiger partial charge in [-0.15, -0.1) is 0 Å². The number of hydrogen-bond donors (Lipinski definition) is 0. The fourth-order valence-corrected chi connectivity index (χ4v) is 9.79. The zero-order valence-electron chi connectivity index (χ0n) is 54.4. The van der Waals surface area contributed by atoms with Gasteiger partial charge in [-0.3, -0.25) is 14.4 Å². The summed E-state index contributed by atoms with van der Waals surface area (Å²) in [6.07, 6.45) is 98.3. The molecule has 0 saturated heterocycles. The predicted molar refractivity (Wildman–Crippen MR) is 362 cm³/mol. The lowest BCUT2D eigenvalue weighted by atomic mass is 10.0. The zero-order chi connectivity index (χ0) is 59.9. The Morgan fingerprint density at radius 1 is 0.253 bits per heavy atom. The first kappa shape index (κ1) is 78.8. The number of hydrogen-bond acceptors (Lipinski definition) is 6. The second-order valence-corrected chi connectivity index (χ2v) is 23.0. The number of carbonyl (C=O) groups is 3. The van der Waals surface area contributed by atoms with Crippen LogP contribution in [0.2, 0.25) is 0 Å². The van der Waals surface area contributed by atoms with E-state index in [4.69, 9.17) is 14.2 Å². The largest absolute Gasteiger partial charge is 0.462 e. The normalized spacial score (nSPS) is 12.9. The molecule has 0 aliphatic rings. The first-order chi connectivity index (χ1) is 41.0. The second-order valence-electron chi connectivity index (χ2n) is 23.0. The third kappa shape index (κ3) is 68.5. The van der Waals surface area contributed by atoms with Crippen LogP contribution in [0.5, 0.6) is 0 Å². The molecule has 1 unspecified atom stereocenters. The van der Waals surface area contributed by atoms with Gasteiger partial charge in [-0.1, -0.05) is 322 Å². The molecule has 6 heteroatoms. The first-order valence-electron chi connectivity index (χ1n) is 35.0. The summed E-state index contributed by atoms with van der Waals surface area (Å²) in [4.78, 5) is 38.2. The molecule has 0 heterocycles. The highest BCUT2D eigenvalue weighted by Gasteiger charge is 2.19. The van der Waals surface area contributed by atoms with Gasteiger partial charge in [0, 0.05) is 19.3 Å². The molecule has 0 bridgehead atoms. The van der Waals surface area contributed by atoms with Gasteiger partial charge >= 0.3 is 17.9 Å². The smallest absolute Gasteiger partial charge is 0.306 e. The Bertz CT molecular complexity index is 1700. The van der Waals surface area contributed by atoms with Gasteiger partial charge in [0.05, 0.1) is 0 Å². The van der Waals surface area contributed by atoms with Gasteiger partial charge in [-0.25, -0.2) is 0 Å². The van der Waals surface area contributed by atoms with E-state index in [9.17, 15) is 14.4 Å². The van der Waals surface area contributed by atoms with Gasteiger partial charge in [0.15, 0.2) is 6.10 Å². The van der Waals surface area contributed by atoms with Crippen molar-refractivity contribution in [2.75, 3.05) is 13.2 Å². The van der Waals surface area contributed by atoms with Crippen LogP contribution in [-0.4, -0.2) is 37.2 Å². The summed E-state index contributed by atoms with van der Waals surface area (Å²) in [5, 5.41) is 0. The maximum Gasteiger partial charge on any atom is 0.306 e. The maximum atomic E-state index is 12.9. The number of unbranched alkanes of at least 4 members (excludes halogenated alkanes) is 32. The molecule has 0 aromatic carbocycles. The van der Waals surface area contributed by atoms with E-state index in [0.29, 0.717) is 19.3 Å². The molecule has 0 radical (unpaired) electrons. The van der Waals surface area contributed by atoms with E-state index in [1.165, 1.54) is 161 Å². The van der Waals surface area contributed by atoms with E-state index in [1.54, 1.807) is 0 Å². The van der Waals surface area contributed by atoms with Crippen LogP contribution in [0.25, 0.3) is 0 Å². The van der Waals surface area contributed by atoms with Crippen molar-refractivity contribution in [3.05, 3.63) is 122 Å². The van der Waals surface area contributed by atoms with Gasteiger partial charge in [0.25, 0.3) is 0 Å². The molecule has 0 aromatic rings. The summed E-state index contributed by atoms with van der Waals surface area (Å²) >= 11 is 0. The lowest BCUT2D eigenvalue weighted by molar-refractivity contribution is -0.167. The van der Waals surface area contributed by atoms with Crippen LogP contribution in [0.15, 0.2) is 122 Å². The third-order valence-electron chi connectivity index (χ3n) is 15.0. The topological polar surface area (TPSA) is 78.9 Å². The van der Waals surface area contributed by atoms with Crippen molar-refractivity contribution in [2.24, 2.45) is 0 Å². The van der Waals surface area contributed by atoms with Gasteiger partial charge in [-0.05, 0) is 109 Å². The van der Waals surface area contributed by atoms with Crippen molar-refractivity contribution in [1.29, 1.82) is 0 Å². The Kier molecular flexibility index (Phi) is 66.7. The highest BCUT2D eigenvalue weighted by molar-refractivity contribution is 5.71. The van der Waals surface area contributed by atoms with E-state index in [1.807, 2.05) is 0 Å². The molecule has 0 fully saturated rings. The predicted octanol–water partition coefficient (Wildman–Crippen LogP) is 24.3. The molecule has 0 amide bonds. The molecule has 0 N–H and O–H groups in total. The van der Waals surface area contributed by atoms with Crippen LogP contribution in [0.1, 0.15) is 329 Å². The van der Waals surface area contributed by atoms with Crippen molar-refractivity contribution in [1.82, 2.24) is 0 Å². The van der Waals surface area contributed by atoms with Crippen molar-refractivity contribution in [3.8, 4) is 0 Å². The highest BCUT2D eigenvalue weighted by Crippen LogP contribution is 2.17. The molecule has 0 rings (SSSR count). The number of ether oxygens (including phenoxy) is 3. The van der Waals surface area contributed by atoms with Gasteiger partial charge in [-0.2, -0.15) is 0 Å². The summed E-state index contributed by atoms with van der Waals surface area (Å²) in [5.74, 6) is -0.887. The maximum absolute atomic E-state index is 12.9. The van der Waals surface area contributed by atoms with Gasteiger partial charge in [0.2, 0.25) is 0 Å². The van der Waals surface area contributed by atoms with Crippen LogP contribution >= 0.6 is 0 Å². The van der Waals surface area contributed by atoms with Gasteiger partial charge < -0.3 is 14.2 Å². The molecule has 1 atom stereocenters. The fraction of sp³-hybridized carbons (Fsp3) is 0.701. The molecule has 0 aliphatic heterocycles. The standard InChI is InChI=1S/C77H130O6/c1-4-7-10-13-16-18-20-22-24-26-28-30-32-33-34-35-36-37-38-39-40-41-42-43-45-46-48-50-52-54-56-58-61-64-67-70-76(79)82-73-74(72-81-75(78)69-66-63-60-15-12-9-6-3)83-77(80)71-68-65-62-59-57-55-53-51-49-47-44-31-29-27-25-23-21-19-17-14-11-8-5-2/h7-8,10-11,16-19,22-25,28-31,33-34,47,49,74H,4-6,9,12-15,20-21,26-27,32,35-46,48,50-73H2,1-3H3/b10-7-,11-8-,18-16-,19-17-,24-22-,25-23-,30-28-,31-29-,34-33-,49-47-. The van der Waals surface area contributed by atoms with E-state index in [2.05, 4.69) is 142 Å². The molecule has 0 saturated carbocycles. The van der Waals surface area contributed by atoms with E-state index < -0.39 is 6.10 Å². The SMILES string of the molecule is CC/C=C\C/C=C\C/C=C\C/C=C\C/C=C\CCCCCCCCCCCCCCCCCCCCCC(=O)OCC(COC(=O)CCCCCCCCC)OC(=O)CCCCCCCCC/C=C\C/C=C\C/C=C\C/C=C\C/C=C\CC. The van der Waals surface area contributed by atoms with Crippen LogP contribution in [0.3, 0.4) is 0 Å². The van der Waals surface area contributed by atoms with Gasteiger partial charge in [0.1, 0.15) is 13.2 Å². The number of rotatable bonds is 63. The summed E-state index contributed by atoms with van der Waals surface area (Å²) < 4.78 is 16.9. The minimum Gasteiger partial charge on any atom is -0.462 e. The highest BCUT2D eigenvalue weighted by atomic mass is 16.6. The quantitative estimate of drug-likeness (QED) is 0.0261. The van der Waals surface area contributed by atoms with Crippen LogP contribution in [0.4, 0.5) is 0 Å². The summed E-state index contributed by atoms with van der Waals surface area (Å²) in [5.41, 5.74) is 0. The molecule has 0 spiro atoms. The molecule has 83 heavy (non-hydrogen) atoms. The molecular weight excluding hydrogens is 1020 g/mol. The number of carbonyl (C=O) groups excluding carboxylic acids is 3. The van der Waals surface area contributed by atoms with Crippen molar-refractivity contribution < 1.29 is 28.6 Å². The monoisotopic (exact) mass is 1150 g/mol. The Labute approximate surface area is 513 Å². The average molecular weight is 1150 g/mol. The molecule has 0 aliphatic carbocycles. The first-order valence-corrected chi connectivity index (χ1v) is 35.0. The Hall–Kier alpha value is -4.19. The second kappa shape index (κ2) is 70.3. The minimum atomic E-state index is -0.782. The molecular formula is C77H130O6. The molecule has 0 aromatic heterocycles. The number of esters is 3. The summed E-state index contributed by atoms with van der Waals surface area (Å²) in [7, 11) is 0. The lowest BCUT2D eigenvalue weighted by Crippen LogP contribution is -2.30. The van der Waals surface area contributed by atoms with E-state index in [0.717, 1.165) is 128 Å². The zero-order valence-corrected chi connectivity index (χ0v) is 54.4. The Balaban J connectivity index is 4.04. The average Bonchev–Trinajstić information content (AvgIpc) is 3.49. The Morgan fingerprint density at radius 2 is 0.470 bits per heavy atom.